The number of aromatic nitrogens is 3. The molecule has 4 heteroatoms. The molecule has 0 spiro atoms. The largest absolute Gasteiger partial charge is 0.381 e. The lowest BCUT2D eigenvalue weighted by molar-refractivity contribution is 0.601. The Balaban J connectivity index is 3.01. The number of hydrogen-bond donors (Lipinski definition) is 1. The Morgan fingerprint density at radius 3 is 2.60 bits per heavy atom. The van der Waals surface area contributed by atoms with Crippen molar-refractivity contribution in [2.75, 3.05) is 5.73 Å². The molecule has 0 unspecified atom stereocenters. The highest BCUT2D eigenvalue weighted by Gasteiger charge is 2.04. The second-order valence-corrected chi connectivity index (χ2v) is 2.09. The first-order valence-corrected chi connectivity index (χ1v) is 3.47. The fourth-order valence-corrected chi connectivity index (χ4v) is 0.964. The average Bonchev–Trinajstić information content (AvgIpc) is 2.30. The molecule has 0 aliphatic heterocycles. The lowest BCUT2D eigenvalue weighted by atomic mass is 10.3. The maximum Gasteiger partial charge on any atom is 0.169 e. The SMILES string of the molecule is CCc1c(N)nnn1CC. The van der Waals surface area contributed by atoms with E-state index < -0.39 is 0 Å². The molecule has 56 valence electrons. The molecule has 1 heterocycles. The number of nitrogen functional groups attached to an aromatic ring is 1. The van der Waals surface area contributed by atoms with E-state index in [1.54, 1.807) is 0 Å². The molecule has 0 radical (unpaired) electrons. The molecule has 2 N–H and O–H groups in total. The number of rotatable bonds is 2. The minimum absolute atomic E-state index is 0.560. The van der Waals surface area contributed by atoms with Crippen molar-refractivity contribution >= 4 is 5.82 Å². The van der Waals surface area contributed by atoms with Gasteiger partial charge in [0.25, 0.3) is 0 Å². The van der Waals surface area contributed by atoms with E-state index in [9.17, 15) is 0 Å². The van der Waals surface area contributed by atoms with E-state index in [0.717, 1.165) is 18.7 Å². The summed E-state index contributed by atoms with van der Waals surface area (Å²) in [5, 5.41) is 7.60. The molecule has 4 nitrogen and oxygen atoms in total. The molecular formula is C6H12N4. The Bertz CT molecular complexity index is 216. The Morgan fingerprint density at radius 1 is 1.50 bits per heavy atom. The molecular weight excluding hydrogens is 128 g/mol. The highest BCUT2D eigenvalue weighted by atomic mass is 15.4. The van der Waals surface area contributed by atoms with Crippen molar-refractivity contribution in [2.45, 2.75) is 26.8 Å². The summed E-state index contributed by atoms with van der Waals surface area (Å²) < 4.78 is 1.81. The molecule has 0 saturated heterocycles. The van der Waals surface area contributed by atoms with Crippen LogP contribution >= 0.6 is 0 Å². The number of anilines is 1. The summed E-state index contributed by atoms with van der Waals surface area (Å²) in [5.41, 5.74) is 6.56. The molecule has 0 bridgehead atoms. The first-order valence-electron chi connectivity index (χ1n) is 3.47. The predicted molar refractivity (Wildman–Crippen MR) is 39.5 cm³/mol. The molecule has 0 amide bonds. The van der Waals surface area contributed by atoms with Crippen molar-refractivity contribution in [3.05, 3.63) is 5.69 Å². The minimum atomic E-state index is 0.560. The smallest absolute Gasteiger partial charge is 0.169 e. The van der Waals surface area contributed by atoms with Crippen LogP contribution in [0, 0.1) is 0 Å². The molecule has 1 rings (SSSR count). The Morgan fingerprint density at radius 2 is 2.20 bits per heavy atom. The summed E-state index contributed by atoms with van der Waals surface area (Å²) in [6, 6.07) is 0. The second-order valence-electron chi connectivity index (χ2n) is 2.09. The van der Waals surface area contributed by atoms with Crippen LogP contribution in [0.15, 0.2) is 0 Å². The molecule has 0 fully saturated rings. The van der Waals surface area contributed by atoms with Gasteiger partial charge in [-0.3, -0.25) is 0 Å². The van der Waals surface area contributed by atoms with E-state index >= 15 is 0 Å². The standard InChI is InChI=1S/C6H12N4/c1-3-5-6(7)8-9-10(5)4-2/h3-4,7H2,1-2H3. The lowest BCUT2D eigenvalue weighted by Crippen LogP contribution is -2.02. The fraction of sp³-hybridized carbons (Fsp3) is 0.667. The third-order valence-corrected chi connectivity index (χ3v) is 1.50. The summed E-state index contributed by atoms with van der Waals surface area (Å²) in [7, 11) is 0. The van der Waals surface area contributed by atoms with Crippen LogP contribution in [0.5, 0.6) is 0 Å². The number of nitrogens with zero attached hydrogens (tertiary/aromatic N) is 3. The summed E-state index contributed by atoms with van der Waals surface area (Å²) >= 11 is 0. The molecule has 0 aliphatic carbocycles. The van der Waals surface area contributed by atoms with Crippen LogP contribution in [0.2, 0.25) is 0 Å². The quantitative estimate of drug-likeness (QED) is 0.648. The lowest BCUT2D eigenvalue weighted by Gasteiger charge is -1.98. The summed E-state index contributed by atoms with van der Waals surface area (Å²) in [5.74, 6) is 0.560. The van der Waals surface area contributed by atoms with Gasteiger partial charge in [0.1, 0.15) is 0 Å². The van der Waals surface area contributed by atoms with Crippen molar-refractivity contribution < 1.29 is 0 Å². The Hall–Kier alpha value is -1.06. The molecule has 0 aliphatic rings. The van der Waals surface area contributed by atoms with Crippen molar-refractivity contribution in [2.24, 2.45) is 0 Å². The van der Waals surface area contributed by atoms with E-state index in [-0.39, 0.29) is 0 Å². The van der Waals surface area contributed by atoms with Gasteiger partial charge in [0.15, 0.2) is 5.82 Å². The summed E-state index contributed by atoms with van der Waals surface area (Å²) in [6.07, 6.45) is 0.896. The van der Waals surface area contributed by atoms with Crippen LogP contribution in [0.3, 0.4) is 0 Å². The van der Waals surface area contributed by atoms with E-state index in [1.807, 2.05) is 18.5 Å². The van der Waals surface area contributed by atoms with E-state index in [0.29, 0.717) is 5.82 Å². The third-order valence-electron chi connectivity index (χ3n) is 1.50. The third kappa shape index (κ3) is 0.964. The zero-order valence-electron chi connectivity index (χ0n) is 6.33. The Labute approximate surface area is 60.0 Å². The first-order chi connectivity index (χ1) is 4.79. The van der Waals surface area contributed by atoms with Crippen molar-refractivity contribution in [1.82, 2.24) is 15.0 Å². The highest BCUT2D eigenvalue weighted by Crippen LogP contribution is 2.06. The summed E-state index contributed by atoms with van der Waals surface area (Å²) in [4.78, 5) is 0. The normalized spacial score (nSPS) is 10.2. The second kappa shape index (κ2) is 2.68. The minimum Gasteiger partial charge on any atom is -0.381 e. The van der Waals surface area contributed by atoms with Gasteiger partial charge in [0.05, 0.1) is 5.69 Å². The number of aryl methyl sites for hydroxylation is 1. The van der Waals surface area contributed by atoms with Crippen LogP contribution in [-0.4, -0.2) is 15.0 Å². The highest BCUT2D eigenvalue weighted by molar-refractivity contribution is 5.32. The van der Waals surface area contributed by atoms with Crippen molar-refractivity contribution in [3.63, 3.8) is 0 Å². The van der Waals surface area contributed by atoms with Crippen LogP contribution in [0.4, 0.5) is 5.82 Å². The molecule has 1 aromatic heterocycles. The van der Waals surface area contributed by atoms with Crippen molar-refractivity contribution in [1.29, 1.82) is 0 Å². The molecule has 0 atom stereocenters. The van der Waals surface area contributed by atoms with E-state index in [4.69, 9.17) is 5.73 Å². The number of nitrogens with two attached hydrogens (primary N) is 1. The maximum absolute atomic E-state index is 5.53. The molecule has 1 aromatic rings. The summed E-state index contributed by atoms with van der Waals surface area (Å²) in [6.45, 7) is 4.90. The van der Waals surface area contributed by atoms with E-state index in [2.05, 4.69) is 10.3 Å². The van der Waals surface area contributed by atoms with Gasteiger partial charge in [0.2, 0.25) is 0 Å². The van der Waals surface area contributed by atoms with Gasteiger partial charge in [-0.1, -0.05) is 12.1 Å². The zero-order chi connectivity index (χ0) is 7.56. The Kier molecular flexibility index (Phi) is 1.89. The van der Waals surface area contributed by atoms with Gasteiger partial charge in [0, 0.05) is 6.54 Å². The molecule has 10 heavy (non-hydrogen) atoms. The predicted octanol–water partition coefficient (Wildman–Crippen LogP) is 0.443. The van der Waals surface area contributed by atoms with Gasteiger partial charge in [-0.05, 0) is 13.3 Å². The number of hydrogen-bond acceptors (Lipinski definition) is 3. The monoisotopic (exact) mass is 140 g/mol. The van der Waals surface area contributed by atoms with Crippen LogP contribution in [0.1, 0.15) is 19.5 Å². The van der Waals surface area contributed by atoms with Gasteiger partial charge in [-0.2, -0.15) is 0 Å². The van der Waals surface area contributed by atoms with Crippen molar-refractivity contribution in [3.8, 4) is 0 Å². The topological polar surface area (TPSA) is 56.7 Å². The van der Waals surface area contributed by atoms with Gasteiger partial charge >= 0.3 is 0 Å². The first kappa shape index (κ1) is 7.05. The zero-order valence-corrected chi connectivity index (χ0v) is 6.33. The van der Waals surface area contributed by atoms with Gasteiger partial charge < -0.3 is 5.73 Å². The van der Waals surface area contributed by atoms with E-state index in [1.165, 1.54) is 0 Å². The maximum atomic E-state index is 5.53. The van der Waals surface area contributed by atoms with Crippen LogP contribution in [-0.2, 0) is 13.0 Å². The average molecular weight is 140 g/mol. The fourth-order valence-electron chi connectivity index (χ4n) is 0.964. The van der Waals surface area contributed by atoms with Gasteiger partial charge in [-0.15, -0.1) is 5.10 Å². The molecule has 0 saturated carbocycles. The van der Waals surface area contributed by atoms with Crippen LogP contribution in [0.25, 0.3) is 0 Å². The van der Waals surface area contributed by atoms with Gasteiger partial charge in [-0.25, -0.2) is 4.68 Å². The van der Waals surface area contributed by atoms with Crippen LogP contribution < -0.4 is 5.73 Å². The molecule has 0 aromatic carbocycles.